The number of phenolic OH excluding ortho intramolecular Hbond substituents is 1. The molecule has 0 spiro atoms. The van der Waals surface area contributed by atoms with Gasteiger partial charge in [-0.25, -0.2) is 4.79 Å². The van der Waals surface area contributed by atoms with Crippen molar-refractivity contribution in [2.24, 2.45) is 0 Å². The molecule has 2 N–H and O–H groups in total. The summed E-state index contributed by atoms with van der Waals surface area (Å²) in [6, 6.07) is 4.48. The third-order valence-corrected chi connectivity index (χ3v) is 1.93. The molecule has 0 bridgehead atoms. The third kappa shape index (κ3) is 2.66. The van der Waals surface area contributed by atoms with Gasteiger partial charge in [-0.1, -0.05) is 6.07 Å². The van der Waals surface area contributed by atoms with Crippen LogP contribution in [-0.4, -0.2) is 30.4 Å². The lowest BCUT2D eigenvalue weighted by molar-refractivity contribution is -0.135. The molecule has 5 heteroatoms. The second-order valence-electron chi connectivity index (χ2n) is 2.95. The first-order chi connectivity index (χ1) is 7.58. The molecule has 0 aromatic heterocycles. The third-order valence-electron chi connectivity index (χ3n) is 1.93. The summed E-state index contributed by atoms with van der Waals surface area (Å²) in [5.74, 6) is -1.08. The fourth-order valence-electron chi connectivity index (χ4n) is 1.14. The minimum atomic E-state index is -1.16. The molecule has 0 radical (unpaired) electrons. The molecular weight excluding hydrogens is 212 g/mol. The van der Waals surface area contributed by atoms with Gasteiger partial charge >= 0.3 is 5.97 Å². The van der Waals surface area contributed by atoms with Crippen LogP contribution in [0, 0.1) is 0 Å². The highest BCUT2D eigenvalue weighted by atomic mass is 16.5. The van der Waals surface area contributed by atoms with E-state index < -0.39 is 5.97 Å². The average molecular weight is 224 g/mol. The van der Waals surface area contributed by atoms with E-state index in [2.05, 4.69) is 4.74 Å². The fourth-order valence-corrected chi connectivity index (χ4v) is 1.14. The standard InChI is InChI=1S/C11H12O5/c1-15-9-5-7(3-4-8(9)12)6-10(16-2)11(13)14/h3-6,12H,1-2H3,(H,13,14)/b10-6-. The molecule has 16 heavy (non-hydrogen) atoms. The van der Waals surface area contributed by atoms with Crippen LogP contribution in [0.2, 0.25) is 0 Å². The highest BCUT2D eigenvalue weighted by Gasteiger charge is 2.08. The Morgan fingerprint density at radius 3 is 2.56 bits per heavy atom. The normalized spacial score (nSPS) is 11.0. The number of aromatic hydroxyl groups is 1. The van der Waals surface area contributed by atoms with E-state index in [-0.39, 0.29) is 17.3 Å². The lowest BCUT2D eigenvalue weighted by Gasteiger charge is -2.05. The maximum Gasteiger partial charge on any atom is 0.371 e. The van der Waals surface area contributed by atoms with E-state index in [1.165, 1.54) is 32.4 Å². The number of hydrogen-bond donors (Lipinski definition) is 2. The van der Waals surface area contributed by atoms with E-state index in [0.717, 1.165) is 0 Å². The van der Waals surface area contributed by atoms with Crippen LogP contribution in [0.4, 0.5) is 0 Å². The summed E-state index contributed by atoms with van der Waals surface area (Å²) in [4.78, 5) is 10.7. The van der Waals surface area contributed by atoms with Crippen LogP contribution >= 0.6 is 0 Å². The van der Waals surface area contributed by atoms with Crippen LogP contribution in [0.15, 0.2) is 24.0 Å². The number of carbonyl (C=O) groups is 1. The summed E-state index contributed by atoms with van der Waals surface area (Å²) in [7, 11) is 2.69. The number of rotatable bonds is 4. The predicted molar refractivity (Wildman–Crippen MR) is 57.3 cm³/mol. The van der Waals surface area contributed by atoms with Crippen LogP contribution < -0.4 is 4.74 Å². The molecule has 86 valence electrons. The van der Waals surface area contributed by atoms with E-state index in [1.807, 2.05) is 0 Å². The first kappa shape index (κ1) is 11.9. The Hall–Kier alpha value is -2.17. The van der Waals surface area contributed by atoms with Gasteiger partial charge in [-0.15, -0.1) is 0 Å². The Bertz CT molecular complexity index is 422. The SMILES string of the molecule is CO/C(=C\c1ccc(O)c(OC)c1)C(=O)O. The molecular formula is C11H12O5. The van der Waals surface area contributed by atoms with Crippen molar-refractivity contribution in [3.63, 3.8) is 0 Å². The summed E-state index contributed by atoms with van der Waals surface area (Å²) in [5.41, 5.74) is 0.564. The number of aliphatic carboxylic acids is 1. The topological polar surface area (TPSA) is 76.0 Å². The van der Waals surface area contributed by atoms with Crippen LogP contribution in [0.25, 0.3) is 6.08 Å². The Balaban J connectivity index is 3.10. The van der Waals surface area contributed by atoms with Crippen LogP contribution in [0.1, 0.15) is 5.56 Å². The van der Waals surface area contributed by atoms with E-state index in [9.17, 15) is 9.90 Å². The van der Waals surface area contributed by atoms with Crippen LogP contribution in [0.5, 0.6) is 11.5 Å². The number of carboxylic acids is 1. The van der Waals surface area contributed by atoms with Gasteiger partial charge in [-0.05, 0) is 23.8 Å². The van der Waals surface area contributed by atoms with Gasteiger partial charge in [0.25, 0.3) is 0 Å². The lowest BCUT2D eigenvalue weighted by Crippen LogP contribution is -2.01. The minimum Gasteiger partial charge on any atom is -0.504 e. The average Bonchev–Trinajstić information content (AvgIpc) is 2.27. The molecule has 1 rings (SSSR count). The molecule has 5 nitrogen and oxygen atoms in total. The van der Waals surface area contributed by atoms with Crippen LogP contribution in [0.3, 0.4) is 0 Å². The predicted octanol–water partition coefficient (Wildman–Crippen LogP) is 1.47. The van der Waals surface area contributed by atoms with Crippen molar-refractivity contribution >= 4 is 12.0 Å². The number of ether oxygens (including phenoxy) is 2. The molecule has 0 aliphatic rings. The molecule has 0 aliphatic carbocycles. The highest BCUT2D eigenvalue weighted by Crippen LogP contribution is 2.27. The minimum absolute atomic E-state index is 0.00561. The van der Waals surface area contributed by atoms with Crippen molar-refractivity contribution in [2.45, 2.75) is 0 Å². The molecule has 0 saturated carbocycles. The molecule has 0 heterocycles. The first-order valence-electron chi connectivity index (χ1n) is 4.44. The maximum atomic E-state index is 10.7. The van der Waals surface area contributed by atoms with Crippen molar-refractivity contribution in [1.29, 1.82) is 0 Å². The number of benzene rings is 1. The monoisotopic (exact) mass is 224 g/mol. The van der Waals surface area contributed by atoms with E-state index in [4.69, 9.17) is 9.84 Å². The highest BCUT2D eigenvalue weighted by molar-refractivity contribution is 5.89. The summed E-state index contributed by atoms with van der Waals surface area (Å²) >= 11 is 0. The van der Waals surface area contributed by atoms with Crippen molar-refractivity contribution in [1.82, 2.24) is 0 Å². The summed E-state index contributed by atoms with van der Waals surface area (Å²) in [6.07, 6.45) is 1.34. The van der Waals surface area contributed by atoms with Crippen molar-refractivity contribution in [2.75, 3.05) is 14.2 Å². The van der Waals surface area contributed by atoms with Gasteiger partial charge in [0, 0.05) is 0 Å². The number of methoxy groups -OCH3 is 2. The smallest absolute Gasteiger partial charge is 0.371 e. The maximum absolute atomic E-state index is 10.7. The second-order valence-corrected chi connectivity index (χ2v) is 2.95. The molecule has 0 unspecified atom stereocenters. The molecule has 0 atom stereocenters. The zero-order valence-corrected chi connectivity index (χ0v) is 8.93. The zero-order chi connectivity index (χ0) is 12.1. The van der Waals surface area contributed by atoms with Crippen molar-refractivity contribution in [3.05, 3.63) is 29.5 Å². The number of carboxylic acid groups (broad SMARTS) is 1. The van der Waals surface area contributed by atoms with Crippen molar-refractivity contribution in [3.8, 4) is 11.5 Å². The number of hydrogen-bond acceptors (Lipinski definition) is 4. The molecule has 0 aliphatic heterocycles. The quantitative estimate of drug-likeness (QED) is 0.598. The van der Waals surface area contributed by atoms with Crippen molar-refractivity contribution < 1.29 is 24.5 Å². The summed E-state index contributed by atoms with van der Waals surface area (Å²) in [6.45, 7) is 0. The lowest BCUT2D eigenvalue weighted by atomic mass is 10.2. The molecule has 0 amide bonds. The molecule has 0 fully saturated rings. The number of phenols is 1. The Morgan fingerprint density at radius 1 is 1.38 bits per heavy atom. The van der Waals surface area contributed by atoms with E-state index in [0.29, 0.717) is 5.56 Å². The van der Waals surface area contributed by atoms with Gasteiger partial charge in [0.05, 0.1) is 14.2 Å². The molecule has 1 aromatic rings. The van der Waals surface area contributed by atoms with Gasteiger partial charge in [-0.2, -0.15) is 0 Å². The second kappa shape index (κ2) is 5.06. The largest absolute Gasteiger partial charge is 0.504 e. The zero-order valence-electron chi connectivity index (χ0n) is 8.93. The van der Waals surface area contributed by atoms with E-state index >= 15 is 0 Å². The Kier molecular flexibility index (Phi) is 3.77. The Labute approximate surface area is 92.5 Å². The van der Waals surface area contributed by atoms with Gasteiger partial charge < -0.3 is 19.7 Å². The summed E-state index contributed by atoms with van der Waals surface area (Å²) < 4.78 is 9.57. The fraction of sp³-hybridized carbons (Fsp3) is 0.182. The molecule has 1 aromatic carbocycles. The van der Waals surface area contributed by atoms with Crippen LogP contribution in [-0.2, 0) is 9.53 Å². The summed E-state index contributed by atoms with van der Waals surface area (Å²) in [5, 5.41) is 18.1. The molecule has 0 saturated heterocycles. The Morgan fingerprint density at radius 2 is 2.06 bits per heavy atom. The van der Waals surface area contributed by atoms with Gasteiger partial charge in [0.15, 0.2) is 11.5 Å². The van der Waals surface area contributed by atoms with Gasteiger partial charge in [0.1, 0.15) is 0 Å². The van der Waals surface area contributed by atoms with Gasteiger partial charge in [-0.3, -0.25) is 0 Å². The van der Waals surface area contributed by atoms with Gasteiger partial charge in [0.2, 0.25) is 5.76 Å². The van der Waals surface area contributed by atoms with E-state index in [1.54, 1.807) is 6.07 Å². The first-order valence-corrected chi connectivity index (χ1v) is 4.44.